The number of H-pyrrole nitrogens is 1. The highest BCUT2D eigenvalue weighted by molar-refractivity contribution is 7.92. The van der Waals surface area contributed by atoms with Crippen LogP contribution in [0, 0.1) is 12.7 Å². The summed E-state index contributed by atoms with van der Waals surface area (Å²) in [4.78, 5) is 25.6. The second-order valence-corrected chi connectivity index (χ2v) is 12.4. The van der Waals surface area contributed by atoms with Gasteiger partial charge in [-0.15, -0.1) is 0 Å². The molecule has 1 amide bonds. The Bertz CT molecular complexity index is 2190. The quantitative estimate of drug-likeness (QED) is 0.229. The predicted molar refractivity (Wildman–Crippen MR) is 168 cm³/mol. The van der Waals surface area contributed by atoms with Crippen LogP contribution in [0.4, 0.5) is 10.1 Å². The van der Waals surface area contributed by atoms with Crippen LogP contribution in [0.5, 0.6) is 5.75 Å². The number of amides is 1. The van der Waals surface area contributed by atoms with Gasteiger partial charge in [-0.25, -0.2) is 22.8 Å². The van der Waals surface area contributed by atoms with E-state index in [4.69, 9.17) is 14.1 Å². The minimum atomic E-state index is -3.72. The molecule has 10 nitrogen and oxygen atoms in total. The van der Waals surface area contributed by atoms with Gasteiger partial charge in [0.2, 0.25) is 10.0 Å². The number of fused-ring (bicyclic) bond motifs is 2. The van der Waals surface area contributed by atoms with Crippen molar-refractivity contribution < 1.29 is 26.8 Å². The molecule has 0 fully saturated rings. The van der Waals surface area contributed by atoms with Crippen molar-refractivity contribution in [3.05, 3.63) is 83.8 Å². The lowest BCUT2D eigenvalue weighted by atomic mass is 9.97. The number of pyridine rings is 1. The van der Waals surface area contributed by atoms with Crippen LogP contribution in [-0.4, -0.2) is 56.7 Å². The number of imidazole rings is 1. The topological polar surface area (TPSA) is 130 Å². The summed E-state index contributed by atoms with van der Waals surface area (Å²) in [5.41, 5.74) is 5.39. The van der Waals surface area contributed by atoms with Gasteiger partial charge in [0.1, 0.15) is 34.3 Å². The maximum absolute atomic E-state index is 13.7. The van der Waals surface area contributed by atoms with E-state index in [1.54, 1.807) is 24.4 Å². The molecule has 44 heavy (non-hydrogen) atoms. The van der Waals surface area contributed by atoms with E-state index in [9.17, 15) is 17.6 Å². The normalized spacial score (nSPS) is 11.7. The first kappa shape index (κ1) is 28.9. The Morgan fingerprint density at radius 1 is 1.05 bits per heavy atom. The first-order chi connectivity index (χ1) is 21.0. The van der Waals surface area contributed by atoms with Gasteiger partial charge in [-0.3, -0.25) is 9.10 Å². The Balaban J connectivity index is 1.65. The molecule has 6 aromatic rings. The number of furan rings is 1. The lowest BCUT2D eigenvalue weighted by Gasteiger charge is -2.21. The summed E-state index contributed by atoms with van der Waals surface area (Å²) >= 11 is 0. The van der Waals surface area contributed by atoms with Crippen LogP contribution in [0.1, 0.15) is 15.9 Å². The highest BCUT2D eigenvalue weighted by Crippen LogP contribution is 2.43. The largest absolute Gasteiger partial charge is 0.497 e. The van der Waals surface area contributed by atoms with Crippen molar-refractivity contribution in [2.24, 2.45) is 0 Å². The van der Waals surface area contributed by atoms with Gasteiger partial charge in [-0.05, 0) is 72.6 Å². The maximum Gasteiger partial charge on any atom is 0.255 e. The summed E-state index contributed by atoms with van der Waals surface area (Å²) in [6, 6.07) is 16.2. The van der Waals surface area contributed by atoms with Crippen LogP contribution in [0.15, 0.2) is 71.3 Å². The molecule has 0 saturated carbocycles. The zero-order chi connectivity index (χ0) is 31.3. The molecule has 3 aromatic carbocycles. The Kier molecular flexibility index (Phi) is 7.08. The Hall–Kier alpha value is -5.23. The molecule has 0 aliphatic rings. The van der Waals surface area contributed by atoms with Crippen molar-refractivity contribution in [2.75, 3.05) is 31.8 Å². The number of aromatic nitrogens is 3. The molecule has 0 aliphatic heterocycles. The van der Waals surface area contributed by atoms with Gasteiger partial charge in [-0.2, -0.15) is 0 Å². The molecular weight excluding hydrogens is 585 g/mol. The van der Waals surface area contributed by atoms with E-state index in [-0.39, 0.29) is 16.9 Å². The van der Waals surface area contributed by atoms with E-state index in [2.05, 4.69) is 15.3 Å². The number of aryl methyl sites for hydroxylation is 1. The first-order valence-electron chi connectivity index (χ1n) is 13.5. The number of sulfonamides is 1. The number of nitrogens with one attached hydrogen (secondary N) is 2. The molecule has 0 aliphatic carbocycles. The second kappa shape index (κ2) is 10.8. The number of anilines is 1. The fourth-order valence-electron chi connectivity index (χ4n) is 5.14. The number of aromatic amines is 1. The number of methoxy groups -OCH3 is 1. The van der Waals surface area contributed by atoms with Crippen molar-refractivity contribution in [2.45, 2.75) is 6.92 Å². The molecule has 0 spiro atoms. The van der Waals surface area contributed by atoms with Crippen LogP contribution in [-0.2, 0) is 10.0 Å². The lowest BCUT2D eigenvalue weighted by Crippen LogP contribution is -2.25. The fourth-order valence-corrected chi connectivity index (χ4v) is 5.65. The molecule has 224 valence electrons. The van der Waals surface area contributed by atoms with E-state index in [0.717, 1.165) is 21.6 Å². The fraction of sp³-hybridized carbons (Fsp3) is 0.156. The third-order valence-electron chi connectivity index (χ3n) is 7.52. The average molecular weight is 614 g/mol. The van der Waals surface area contributed by atoms with Gasteiger partial charge in [0.05, 0.1) is 24.6 Å². The summed E-state index contributed by atoms with van der Waals surface area (Å²) in [5.74, 6) is 0.418. The van der Waals surface area contributed by atoms with Gasteiger partial charge in [-0.1, -0.05) is 0 Å². The van der Waals surface area contributed by atoms with E-state index >= 15 is 0 Å². The van der Waals surface area contributed by atoms with Gasteiger partial charge >= 0.3 is 0 Å². The maximum atomic E-state index is 13.7. The van der Waals surface area contributed by atoms with Crippen molar-refractivity contribution in [1.82, 2.24) is 20.3 Å². The second-order valence-electron chi connectivity index (χ2n) is 10.3. The summed E-state index contributed by atoms with van der Waals surface area (Å²) in [7, 11) is 0.756. The van der Waals surface area contributed by atoms with E-state index in [1.165, 1.54) is 45.5 Å². The zero-order valence-corrected chi connectivity index (χ0v) is 25.3. The first-order valence-corrected chi connectivity index (χ1v) is 15.4. The zero-order valence-electron chi connectivity index (χ0n) is 24.5. The molecule has 6 rings (SSSR count). The van der Waals surface area contributed by atoms with E-state index in [0.29, 0.717) is 50.5 Å². The Morgan fingerprint density at radius 2 is 1.77 bits per heavy atom. The molecule has 0 unspecified atom stereocenters. The molecule has 0 saturated heterocycles. The third kappa shape index (κ3) is 5.02. The SMILES string of the molecule is CNC(=O)c1c(-c2ccc(F)cc2)oc2cc(N(C)S(C)(=O)=O)c(-c3cc(OC)cc(-c4nc5c(C)ccnc5[nH]4)c3)cc12. The van der Waals surface area contributed by atoms with Crippen LogP contribution in [0.25, 0.3) is 56.0 Å². The summed E-state index contributed by atoms with van der Waals surface area (Å²) in [6.45, 7) is 1.95. The number of carbonyl (C=O) groups is 1. The lowest BCUT2D eigenvalue weighted by molar-refractivity contribution is 0.0964. The van der Waals surface area contributed by atoms with E-state index in [1.807, 2.05) is 25.1 Å². The number of ether oxygens (including phenoxy) is 1. The molecule has 3 aromatic heterocycles. The molecule has 0 bridgehead atoms. The highest BCUT2D eigenvalue weighted by atomic mass is 32.2. The molecule has 0 atom stereocenters. The van der Waals surface area contributed by atoms with Gasteiger partial charge in [0, 0.05) is 48.4 Å². The predicted octanol–water partition coefficient (Wildman–Crippen LogP) is 5.92. The molecule has 3 heterocycles. The summed E-state index contributed by atoms with van der Waals surface area (Å²) in [6.07, 6.45) is 2.80. The van der Waals surface area contributed by atoms with Gasteiger partial charge < -0.3 is 19.5 Å². The number of halogens is 1. The molecule has 0 radical (unpaired) electrons. The van der Waals surface area contributed by atoms with Crippen LogP contribution in [0.3, 0.4) is 0 Å². The number of rotatable bonds is 7. The van der Waals surface area contributed by atoms with Crippen molar-refractivity contribution in [1.29, 1.82) is 0 Å². The Morgan fingerprint density at radius 3 is 2.43 bits per heavy atom. The number of hydrogen-bond acceptors (Lipinski definition) is 7. The van der Waals surface area contributed by atoms with Crippen LogP contribution < -0.4 is 14.4 Å². The van der Waals surface area contributed by atoms with Crippen LogP contribution in [0.2, 0.25) is 0 Å². The minimum Gasteiger partial charge on any atom is -0.497 e. The monoisotopic (exact) mass is 613 g/mol. The number of benzene rings is 3. The number of nitrogens with zero attached hydrogens (tertiary/aromatic N) is 3. The van der Waals surface area contributed by atoms with Crippen molar-refractivity contribution >= 4 is 43.8 Å². The van der Waals surface area contributed by atoms with Gasteiger partial charge in [0.25, 0.3) is 5.91 Å². The van der Waals surface area contributed by atoms with Crippen molar-refractivity contribution in [3.63, 3.8) is 0 Å². The molecule has 2 N–H and O–H groups in total. The van der Waals surface area contributed by atoms with Crippen LogP contribution >= 0.6 is 0 Å². The third-order valence-corrected chi connectivity index (χ3v) is 8.71. The average Bonchev–Trinajstić information content (AvgIpc) is 3.62. The number of carbonyl (C=O) groups excluding carboxylic acids is 1. The Labute approximate surface area is 252 Å². The smallest absolute Gasteiger partial charge is 0.255 e. The van der Waals surface area contributed by atoms with E-state index < -0.39 is 21.7 Å². The molecule has 12 heteroatoms. The highest BCUT2D eigenvalue weighted by Gasteiger charge is 2.26. The molecular formula is C32H28FN5O5S. The summed E-state index contributed by atoms with van der Waals surface area (Å²) < 4.78 is 52.3. The number of hydrogen-bond donors (Lipinski definition) is 2. The van der Waals surface area contributed by atoms with Gasteiger partial charge in [0.15, 0.2) is 5.65 Å². The summed E-state index contributed by atoms with van der Waals surface area (Å²) in [5, 5.41) is 3.09. The minimum absolute atomic E-state index is 0.223. The van der Waals surface area contributed by atoms with Crippen molar-refractivity contribution in [3.8, 4) is 39.6 Å². The standard InChI is InChI=1S/C32H28FN5O5S/c1-17-10-11-35-31-28(17)36-30(37-31)20-12-19(13-22(14-20)42-4)23-15-24-26(16-25(23)38(3)44(5,40)41)43-29(27(24)32(39)34-2)18-6-8-21(33)9-7-18/h6-16H,1-5H3,(H,34,39)(H,35,36,37).